The van der Waals surface area contributed by atoms with Crippen molar-refractivity contribution in [1.29, 1.82) is 0 Å². The summed E-state index contributed by atoms with van der Waals surface area (Å²) in [5.41, 5.74) is 2.19. The first-order chi connectivity index (χ1) is 13.8. The molecule has 146 valence electrons. The Kier molecular flexibility index (Phi) is 5.20. The maximum Gasteiger partial charge on any atom is 0.150 e. The quantitative estimate of drug-likeness (QED) is 0.711. The SMILES string of the molecule is Clc1ccc(-c2cc3ncnc(N4CC[NH+](C[C@H]5CCCO5)CC4)c3s2)cc1. The molecule has 0 unspecified atom stereocenters. The van der Waals surface area contributed by atoms with Gasteiger partial charge in [0.2, 0.25) is 0 Å². The summed E-state index contributed by atoms with van der Waals surface area (Å²) in [5, 5.41) is 0.758. The summed E-state index contributed by atoms with van der Waals surface area (Å²) in [5.74, 6) is 1.08. The average molecular weight is 416 g/mol. The second-order valence-corrected chi connectivity index (χ2v) is 9.09. The van der Waals surface area contributed by atoms with Crippen LogP contribution in [0.4, 0.5) is 5.82 Å². The van der Waals surface area contributed by atoms with Gasteiger partial charge in [-0.3, -0.25) is 0 Å². The van der Waals surface area contributed by atoms with Gasteiger partial charge in [0.15, 0.2) is 0 Å². The first kappa shape index (κ1) is 18.3. The van der Waals surface area contributed by atoms with E-state index in [-0.39, 0.29) is 0 Å². The van der Waals surface area contributed by atoms with Crippen LogP contribution in [0.5, 0.6) is 0 Å². The van der Waals surface area contributed by atoms with Crippen molar-refractivity contribution in [3.8, 4) is 10.4 Å². The third kappa shape index (κ3) is 3.74. The maximum absolute atomic E-state index is 6.03. The maximum atomic E-state index is 6.03. The molecule has 0 amide bonds. The van der Waals surface area contributed by atoms with Gasteiger partial charge in [-0.15, -0.1) is 11.3 Å². The Labute approximate surface area is 173 Å². The molecule has 0 aliphatic carbocycles. The van der Waals surface area contributed by atoms with Crippen LogP contribution in [0.15, 0.2) is 36.7 Å². The van der Waals surface area contributed by atoms with Gasteiger partial charge in [-0.05, 0) is 36.6 Å². The van der Waals surface area contributed by atoms with Crippen LogP contribution in [0.3, 0.4) is 0 Å². The molecule has 0 bridgehead atoms. The number of aromatic nitrogens is 2. The fraction of sp³-hybridized carbons (Fsp3) is 0.429. The molecule has 5 rings (SSSR count). The van der Waals surface area contributed by atoms with E-state index >= 15 is 0 Å². The number of anilines is 1. The molecule has 2 aliphatic heterocycles. The highest BCUT2D eigenvalue weighted by molar-refractivity contribution is 7.22. The predicted molar refractivity (Wildman–Crippen MR) is 115 cm³/mol. The van der Waals surface area contributed by atoms with Crippen LogP contribution in [0.2, 0.25) is 5.02 Å². The van der Waals surface area contributed by atoms with Crippen LogP contribution in [-0.2, 0) is 4.74 Å². The Bertz CT molecular complexity index is 947. The minimum absolute atomic E-state index is 0.464. The molecule has 1 N–H and O–H groups in total. The zero-order valence-corrected chi connectivity index (χ0v) is 17.3. The molecule has 2 aliphatic rings. The zero-order valence-electron chi connectivity index (χ0n) is 15.7. The third-order valence-corrected chi connectivity index (χ3v) is 7.15. The second-order valence-electron chi connectivity index (χ2n) is 7.61. The van der Waals surface area contributed by atoms with Crippen molar-refractivity contribution >= 4 is 39.0 Å². The van der Waals surface area contributed by atoms with Gasteiger partial charge in [-0.2, -0.15) is 0 Å². The smallest absolute Gasteiger partial charge is 0.150 e. The molecule has 2 aromatic heterocycles. The number of quaternary nitrogens is 1. The van der Waals surface area contributed by atoms with Gasteiger partial charge in [0.05, 0.1) is 36.4 Å². The molecule has 5 nitrogen and oxygen atoms in total. The Morgan fingerprint density at radius 3 is 2.75 bits per heavy atom. The Morgan fingerprint density at radius 1 is 1.18 bits per heavy atom. The molecule has 7 heteroatoms. The van der Waals surface area contributed by atoms with Gasteiger partial charge in [0.1, 0.15) is 24.8 Å². The van der Waals surface area contributed by atoms with E-state index in [1.165, 1.54) is 28.0 Å². The number of hydrogen-bond donors (Lipinski definition) is 1. The molecule has 2 fully saturated rings. The molecular weight excluding hydrogens is 392 g/mol. The van der Waals surface area contributed by atoms with Crippen LogP contribution < -0.4 is 9.80 Å². The van der Waals surface area contributed by atoms with Gasteiger partial charge in [-0.1, -0.05) is 23.7 Å². The van der Waals surface area contributed by atoms with Gasteiger partial charge in [-0.25, -0.2) is 9.97 Å². The molecule has 3 aromatic rings. The zero-order chi connectivity index (χ0) is 18.9. The monoisotopic (exact) mass is 415 g/mol. The summed E-state index contributed by atoms with van der Waals surface area (Å²) in [7, 11) is 0. The van der Waals surface area contributed by atoms with Gasteiger partial charge in [0, 0.05) is 16.5 Å². The lowest BCUT2D eigenvalue weighted by atomic mass is 10.2. The number of piperazine rings is 1. The molecule has 1 atom stereocenters. The average Bonchev–Trinajstić information content (AvgIpc) is 3.38. The summed E-state index contributed by atoms with van der Waals surface area (Å²) in [6.45, 7) is 6.43. The number of halogens is 1. The van der Waals surface area contributed by atoms with Crippen LogP contribution in [0.1, 0.15) is 12.8 Å². The Balaban J connectivity index is 1.34. The Morgan fingerprint density at radius 2 is 2.00 bits per heavy atom. The lowest BCUT2D eigenvalue weighted by Gasteiger charge is -2.33. The number of nitrogens with zero attached hydrogens (tertiary/aromatic N) is 3. The van der Waals surface area contributed by atoms with E-state index in [1.54, 1.807) is 22.6 Å². The van der Waals surface area contributed by atoms with Gasteiger partial charge >= 0.3 is 0 Å². The van der Waals surface area contributed by atoms with Crippen molar-refractivity contribution in [3.63, 3.8) is 0 Å². The van der Waals surface area contributed by atoms with Crippen molar-refractivity contribution in [3.05, 3.63) is 41.7 Å². The number of fused-ring (bicyclic) bond motifs is 1. The van der Waals surface area contributed by atoms with E-state index < -0.39 is 0 Å². The Hall–Kier alpha value is -1.73. The largest absolute Gasteiger partial charge is 0.372 e. The van der Waals surface area contributed by atoms with E-state index in [0.717, 1.165) is 55.7 Å². The normalized spacial score (nSPS) is 20.9. The lowest BCUT2D eigenvalue weighted by molar-refractivity contribution is -0.903. The molecule has 4 heterocycles. The highest BCUT2D eigenvalue weighted by Gasteiger charge is 2.27. The fourth-order valence-corrected chi connectivity index (χ4v) is 5.45. The van der Waals surface area contributed by atoms with Crippen LogP contribution in [-0.4, -0.2) is 55.4 Å². The minimum Gasteiger partial charge on any atom is -0.372 e. The van der Waals surface area contributed by atoms with Crippen molar-refractivity contribution in [2.24, 2.45) is 0 Å². The highest BCUT2D eigenvalue weighted by Crippen LogP contribution is 2.37. The van der Waals surface area contributed by atoms with Crippen molar-refractivity contribution < 1.29 is 9.64 Å². The van der Waals surface area contributed by atoms with Crippen LogP contribution in [0.25, 0.3) is 20.7 Å². The number of thiophene rings is 1. The number of ether oxygens (including phenoxy) is 1. The summed E-state index contributed by atoms with van der Waals surface area (Å²) in [6, 6.07) is 10.2. The number of nitrogens with one attached hydrogen (secondary N) is 1. The third-order valence-electron chi connectivity index (χ3n) is 5.73. The molecule has 2 saturated heterocycles. The standard InChI is InChI=1S/C21H23ClN4OS/c22-16-5-3-15(4-6-16)19-12-18-20(28-19)21(24-14-23-18)26-9-7-25(8-10-26)13-17-2-1-11-27-17/h3-6,12,14,17H,1-2,7-11,13H2/p+1/t17-/m1/s1. The topological polar surface area (TPSA) is 42.7 Å². The van der Waals surface area contributed by atoms with Gasteiger partial charge in [0.25, 0.3) is 0 Å². The predicted octanol–water partition coefficient (Wildman–Crippen LogP) is 2.90. The molecule has 0 radical (unpaired) electrons. The van der Waals surface area contributed by atoms with Crippen molar-refractivity contribution in [2.75, 3.05) is 44.2 Å². The summed E-state index contributed by atoms with van der Waals surface area (Å²) in [4.78, 5) is 14.4. The fourth-order valence-electron chi connectivity index (χ4n) is 4.19. The molecular formula is C21H24ClN4OS+. The number of benzene rings is 1. The lowest BCUT2D eigenvalue weighted by Crippen LogP contribution is -3.15. The van der Waals surface area contributed by atoms with Crippen molar-refractivity contribution in [1.82, 2.24) is 9.97 Å². The molecule has 0 saturated carbocycles. The highest BCUT2D eigenvalue weighted by atomic mass is 35.5. The number of rotatable bonds is 4. The first-order valence-corrected chi connectivity index (χ1v) is 11.2. The van der Waals surface area contributed by atoms with E-state index in [0.29, 0.717) is 6.10 Å². The molecule has 1 aromatic carbocycles. The second kappa shape index (κ2) is 7.95. The molecule has 28 heavy (non-hydrogen) atoms. The number of hydrogen-bond acceptors (Lipinski definition) is 5. The van der Waals surface area contributed by atoms with Gasteiger partial charge < -0.3 is 14.5 Å². The minimum atomic E-state index is 0.464. The van der Waals surface area contributed by atoms with E-state index in [1.807, 2.05) is 12.1 Å². The van der Waals surface area contributed by atoms with E-state index in [2.05, 4.69) is 33.1 Å². The summed E-state index contributed by atoms with van der Waals surface area (Å²) in [6.07, 6.45) is 4.60. The van der Waals surface area contributed by atoms with Crippen LogP contribution in [0, 0.1) is 0 Å². The summed E-state index contributed by atoms with van der Waals surface area (Å²) >= 11 is 7.80. The first-order valence-electron chi connectivity index (χ1n) is 9.97. The summed E-state index contributed by atoms with van der Waals surface area (Å²) < 4.78 is 6.99. The molecule has 0 spiro atoms. The van der Waals surface area contributed by atoms with E-state index in [4.69, 9.17) is 16.3 Å². The van der Waals surface area contributed by atoms with Crippen LogP contribution >= 0.6 is 22.9 Å². The van der Waals surface area contributed by atoms with E-state index in [9.17, 15) is 0 Å². The van der Waals surface area contributed by atoms with Crippen molar-refractivity contribution in [2.45, 2.75) is 18.9 Å².